The molecule has 2 aromatic rings. The van der Waals surface area contributed by atoms with Crippen molar-refractivity contribution in [3.63, 3.8) is 0 Å². The molecule has 0 unspecified atom stereocenters. The van der Waals surface area contributed by atoms with Crippen molar-refractivity contribution in [1.29, 1.82) is 0 Å². The fourth-order valence-corrected chi connectivity index (χ4v) is 3.90. The Morgan fingerprint density at radius 3 is 2.42 bits per heavy atom. The highest BCUT2D eigenvalue weighted by Gasteiger charge is 2.25. The molecular weight excluding hydrogens is 352 g/mol. The summed E-state index contributed by atoms with van der Waals surface area (Å²) in [6.45, 7) is 5.28. The maximum atomic E-state index is 12.8. The average Bonchev–Trinajstić information content (AvgIpc) is 2.58. The second kappa shape index (κ2) is 7.88. The molecule has 0 aromatic heterocycles. The first-order valence-electron chi connectivity index (χ1n) is 8.14. The van der Waals surface area contributed by atoms with Gasteiger partial charge in [0.25, 0.3) is 0 Å². The van der Waals surface area contributed by atoms with Gasteiger partial charge in [0.15, 0.2) is 0 Å². The first-order chi connectivity index (χ1) is 12.2. The number of aryl methyl sites for hydroxylation is 2. The van der Waals surface area contributed by atoms with Gasteiger partial charge in [-0.3, -0.25) is 4.79 Å². The highest BCUT2D eigenvalue weighted by Crippen LogP contribution is 2.23. The van der Waals surface area contributed by atoms with Crippen LogP contribution < -0.4 is 10.1 Å². The maximum absolute atomic E-state index is 12.8. The van der Waals surface area contributed by atoms with Gasteiger partial charge in [-0.2, -0.15) is 4.31 Å². The molecule has 2 aromatic carbocycles. The fourth-order valence-electron chi connectivity index (χ4n) is 2.57. The van der Waals surface area contributed by atoms with Gasteiger partial charge in [0, 0.05) is 12.7 Å². The molecule has 7 heteroatoms. The molecule has 26 heavy (non-hydrogen) atoms. The number of ether oxygens (including phenoxy) is 1. The monoisotopic (exact) mass is 376 g/mol. The number of methoxy groups -OCH3 is 1. The smallest absolute Gasteiger partial charge is 0.243 e. The van der Waals surface area contributed by atoms with E-state index < -0.39 is 15.9 Å². The molecule has 0 aliphatic carbocycles. The summed E-state index contributed by atoms with van der Waals surface area (Å²) >= 11 is 0. The van der Waals surface area contributed by atoms with Crippen LogP contribution in [0.2, 0.25) is 0 Å². The molecule has 1 amide bonds. The van der Waals surface area contributed by atoms with Crippen molar-refractivity contribution in [2.45, 2.75) is 25.7 Å². The molecule has 140 valence electrons. The molecule has 0 atom stereocenters. The number of amides is 1. The molecule has 0 heterocycles. The fraction of sp³-hybridized carbons (Fsp3) is 0.316. The summed E-state index contributed by atoms with van der Waals surface area (Å²) < 4.78 is 31.7. The zero-order valence-electron chi connectivity index (χ0n) is 15.7. The minimum atomic E-state index is -3.78. The van der Waals surface area contributed by atoms with Gasteiger partial charge in [-0.1, -0.05) is 12.1 Å². The largest absolute Gasteiger partial charge is 0.497 e. The predicted molar refractivity (Wildman–Crippen MR) is 102 cm³/mol. The topological polar surface area (TPSA) is 75.7 Å². The highest BCUT2D eigenvalue weighted by molar-refractivity contribution is 7.89. The standard InChI is InChI=1S/C19H24N2O4S/c1-13-7-6-8-17(15(13)3)20-19(22)12-21(4)26(23,24)18-10-9-16(25-5)11-14(18)2/h6-11H,12H2,1-5H3,(H,20,22). The van der Waals surface area contributed by atoms with E-state index in [2.05, 4.69) is 5.32 Å². The van der Waals surface area contributed by atoms with Crippen LogP contribution in [0.3, 0.4) is 0 Å². The van der Waals surface area contributed by atoms with Crippen LogP contribution in [-0.2, 0) is 14.8 Å². The third kappa shape index (κ3) is 4.23. The average molecular weight is 376 g/mol. The van der Waals surface area contributed by atoms with Crippen molar-refractivity contribution in [3.8, 4) is 5.75 Å². The summed E-state index contributed by atoms with van der Waals surface area (Å²) in [5, 5.41) is 2.77. The van der Waals surface area contributed by atoms with E-state index in [1.807, 2.05) is 26.0 Å². The Balaban J connectivity index is 2.16. The number of benzene rings is 2. The summed E-state index contributed by atoms with van der Waals surface area (Å²) in [5.74, 6) is 0.188. The van der Waals surface area contributed by atoms with E-state index in [-0.39, 0.29) is 11.4 Å². The minimum Gasteiger partial charge on any atom is -0.497 e. The van der Waals surface area contributed by atoms with Crippen LogP contribution in [0.4, 0.5) is 5.69 Å². The second-order valence-electron chi connectivity index (χ2n) is 6.19. The van der Waals surface area contributed by atoms with Gasteiger partial charge in [0.1, 0.15) is 5.75 Å². The van der Waals surface area contributed by atoms with Crippen LogP contribution in [0.25, 0.3) is 0 Å². The number of hydrogen-bond donors (Lipinski definition) is 1. The number of nitrogens with one attached hydrogen (secondary N) is 1. The second-order valence-corrected chi connectivity index (χ2v) is 8.20. The maximum Gasteiger partial charge on any atom is 0.243 e. The molecular formula is C19H24N2O4S. The predicted octanol–water partition coefficient (Wildman–Crippen LogP) is 2.88. The number of carbonyl (C=O) groups excluding carboxylic acids is 1. The Hall–Kier alpha value is -2.38. The van der Waals surface area contributed by atoms with Crippen molar-refractivity contribution in [3.05, 3.63) is 53.1 Å². The van der Waals surface area contributed by atoms with E-state index in [9.17, 15) is 13.2 Å². The molecule has 1 N–H and O–H groups in total. The van der Waals surface area contributed by atoms with E-state index in [0.717, 1.165) is 15.4 Å². The molecule has 0 spiro atoms. The van der Waals surface area contributed by atoms with Crippen molar-refractivity contribution in [2.75, 3.05) is 26.0 Å². The molecule has 0 aliphatic heterocycles. The zero-order chi connectivity index (χ0) is 19.5. The number of rotatable bonds is 6. The van der Waals surface area contributed by atoms with E-state index in [1.54, 1.807) is 25.1 Å². The van der Waals surface area contributed by atoms with Gasteiger partial charge in [0.05, 0.1) is 18.6 Å². The summed E-state index contributed by atoms with van der Waals surface area (Å²) in [5.41, 5.74) is 3.25. The van der Waals surface area contributed by atoms with Crippen LogP contribution in [0.15, 0.2) is 41.3 Å². The number of anilines is 1. The first kappa shape index (κ1) is 19.9. The number of nitrogens with zero attached hydrogens (tertiary/aromatic N) is 1. The van der Waals surface area contributed by atoms with Crippen molar-refractivity contribution in [1.82, 2.24) is 4.31 Å². The Kier molecular flexibility index (Phi) is 6.05. The Bertz CT molecular complexity index is 923. The normalized spacial score (nSPS) is 11.5. The van der Waals surface area contributed by atoms with Crippen molar-refractivity contribution < 1.29 is 17.9 Å². The van der Waals surface area contributed by atoms with E-state index in [0.29, 0.717) is 17.0 Å². The van der Waals surface area contributed by atoms with Crippen LogP contribution in [0.5, 0.6) is 5.75 Å². The lowest BCUT2D eigenvalue weighted by molar-refractivity contribution is -0.116. The summed E-state index contributed by atoms with van der Waals surface area (Å²) in [4.78, 5) is 12.5. The van der Waals surface area contributed by atoms with Crippen molar-refractivity contribution in [2.24, 2.45) is 0 Å². The molecule has 0 fully saturated rings. The first-order valence-corrected chi connectivity index (χ1v) is 9.58. The highest BCUT2D eigenvalue weighted by atomic mass is 32.2. The lowest BCUT2D eigenvalue weighted by Crippen LogP contribution is -2.35. The Morgan fingerprint density at radius 1 is 1.12 bits per heavy atom. The van der Waals surface area contributed by atoms with Gasteiger partial charge in [-0.05, 0) is 61.7 Å². The molecule has 0 radical (unpaired) electrons. The summed E-state index contributed by atoms with van der Waals surface area (Å²) in [6, 6.07) is 10.3. The number of sulfonamides is 1. The third-order valence-corrected chi connectivity index (χ3v) is 6.28. The van der Waals surface area contributed by atoms with Crippen LogP contribution in [-0.4, -0.2) is 39.3 Å². The van der Waals surface area contributed by atoms with Gasteiger partial charge >= 0.3 is 0 Å². The van der Waals surface area contributed by atoms with Crippen LogP contribution >= 0.6 is 0 Å². The molecule has 2 rings (SSSR count). The summed E-state index contributed by atoms with van der Waals surface area (Å²) in [7, 11) is -0.872. The summed E-state index contributed by atoms with van der Waals surface area (Å²) in [6.07, 6.45) is 0. The molecule has 0 saturated carbocycles. The number of hydrogen-bond acceptors (Lipinski definition) is 4. The Labute approximate surface area is 154 Å². The van der Waals surface area contributed by atoms with E-state index >= 15 is 0 Å². The molecule has 6 nitrogen and oxygen atoms in total. The zero-order valence-corrected chi connectivity index (χ0v) is 16.5. The third-order valence-electron chi connectivity index (χ3n) is 4.32. The molecule has 0 bridgehead atoms. The van der Waals surface area contributed by atoms with Gasteiger partial charge in [0.2, 0.25) is 15.9 Å². The van der Waals surface area contributed by atoms with Crippen molar-refractivity contribution >= 4 is 21.6 Å². The molecule has 0 saturated heterocycles. The number of likely N-dealkylation sites (N-methyl/N-ethyl adjacent to an activating group) is 1. The quantitative estimate of drug-likeness (QED) is 0.841. The molecule has 0 aliphatic rings. The van der Waals surface area contributed by atoms with Crippen LogP contribution in [0, 0.1) is 20.8 Å². The lowest BCUT2D eigenvalue weighted by Gasteiger charge is -2.19. The Morgan fingerprint density at radius 2 is 1.81 bits per heavy atom. The van der Waals surface area contributed by atoms with E-state index in [4.69, 9.17) is 4.74 Å². The van der Waals surface area contributed by atoms with Gasteiger partial charge in [-0.25, -0.2) is 8.42 Å². The van der Waals surface area contributed by atoms with Gasteiger partial charge in [-0.15, -0.1) is 0 Å². The SMILES string of the molecule is COc1ccc(S(=O)(=O)N(C)CC(=O)Nc2cccc(C)c2C)c(C)c1. The minimum absolute atomic E-state index is 0.153. The van der Waals surface area contributed by atoms with E-state index in [1.165, 1.54) is 20.2 Å². The van der Waals surface area contributed by atoms with Crippen LogP contribution in [0.1, 0.15) is 16.7 Å². The van der Waals surface area contributed by atoms with Gasteiger partial charge < -0.3 is 10.1 Å². The number of carbonyl (C=O) groups is 1. The lowest BCUT2D eigenvalue weighted by atomic mass is 10.1.